The van der Waals surface area contributed by atoms with Gasteiger partial charge in [-0.2, -0.15) is 0 Å². The lowest BCUT2D eigenvalue weighted by Crippen LogP contribution is -2.33. The zero-order chi connectivity index (χ0) is 19.1. The Morgan fingerprint density at radius 1 is 1.00 bits per heavy atom. The van der Waals surface area contributed by atoms with Gasteiger partial charge in [0, 0.05) is 56.9 Å². The predicted octanol–water partition coefficient (Wildman–Crippen LogP) is 3.47. The Hall–Kier alpha value is -2.53. The Morgan fingerprint density at radius 2 is 1.62 bits per heavy atom. The number of anilines is 2. The smallest absolute Gasteiger partial charge is 0.223 e. The third-order valence-electron chi connectivity index (χ3n) is 4.05. The van der Waals surface area contributed by atoms with Gasteiger partial charge in [0.1, 0.15) is 0 Å². The van der Waals surface area contributed by atoms with Gasteiger partial charge in [0.15, 0.2) is 0 Å². The molecular formula is C20H24ClN3O2. The van der Waals surface area contributed by atoms with E-state index in [9.17, 15) is 9.59 Å². The molecule has 2 rings (SSSR count). The summed E-state index contributed by atoms with van der Waals surface area (Å²) < 4.78 is 0. The first-order chi connectivity index (χ1) is 12.4. The molecule has 0 unspecified atom stereocenters. The molecule has 0 spiro atoms. The maximum Gasteiger partial charge on any atom is 0.223 e. The van der Waals surface area contributed by atoms with Crippen LogP contribution in [0.2, 0.25) is 5.02 Å². The van der Waals surface area contributed by atoms with Crippen molar-refractivity contribution in [1.29, 1.82) is 0 Å². The summed E-state index contributed by atoms with van der Waals surface area (Å²) >= 11 is 6.08. The number of carbonyl (C=O) groups excluding carboxylic acids is 2. The molecule has 138 valence electrons. The normalized spacial score (nSPS) is 10.3. The maximum absolute atomic E-state index is 12.1. The van der Waals surface area contributed by atoms with Crippen LogP contribution in [0, 0.1) is 0 Å². The Balaban J connectivity index is 1.92. The summed E-state index contributed by atoms with van der Waals surface area (Å²) in [6, 6.07) is 15.1. The molecule has 0 heterocycles. The van der Waals surface area contributed by atoms with Gasteiger partial charge >= 0.3 is 0 Å². The number of nitrogens with zero attached hydrogens (tertiary/aromatic N) is 2. The summed E-state index contributed by atoms with van der Waals surface area (Å²) in [7, 11) is 3.92. The zero-order valence-electron chi connectivity index (χ0n) is 15.3. The van der Waals surface area contributed by atoms with Crippen molar-refractivity contribution in [1.82, 2.24) is 5.32 Å². The van der Waals surface area contributed by atoms with E-state index >= 15 is 0 Å². The second-order valence-electron chi connectivity index (χ2n) is 6.20. The molecule has 0 aliphatic carbocycles. The topological polar surface area (TPSA) is 52.7 Å². The summed E-state index contributed by atoms with van der Waals surface area (Å²) in [5.41, 5.74) is 2.70. The molecule has 0 atom stereocenters. The number of rotatable bonds is 7. The highest BCUT2D eigenvalue weighted by Gasteiger charge is 2.14. The first-order valence-electron chi connectivity index (χ1n) is 8.44. The Bertz CT molecular complexity index is 760. The van der Waals surface area contributed by atoms with Crippen LogP contribution in [0.4, 0.5) is 11.4 Å². The van der Waals surface area contributed by atoms with E-state index in [0.717, 1.165) is 16.9 Å². The van der Waals surface area contributed by atoms with Crippen molar-refractivity contribution in [2.75, 3.05) is 30.4 Å². The minimum Gasteiger partial charge on any atom is -0.378 e. The van der Waals surface area contributed by atoms with Crippen LogP contribution < -0.4 is 15.1 Å². The third kappa shape index (κ3) is 5.49. The summed E-state index contributed by atoms with van der Waals surface area (Å²) in [5, 5.41) is 3.47. The monoisotopic (exact) mass is 373 g/mol. The molecule has 5 nitrogen and oxygen atoms in total. The van der Waals surface area contributed by atoms with Gasteiger partial charge in [0.05, 0.1) is 0 Å². The second-order valence-corrected chi connectivity index (χ2v) is 6.61. The van der Waals surface area contributed by atoms with Crippen LogP contribution in [-0.2, 0) is 16.1 Å². The van der Waals surface area contributed by atoms with Gasteiger partial charge in [0.2, 0.25) is 11.8 Å². The van der Waals surface area contributed by atoms with Gasteiger partial charge in [-0.3, -0.25) is 9.59 Å². The summed E-state index contributed by atoms with van der Waals surface area (Å²) in [5.74, 6) is -0.220. The molecule has 26 heavy (non-hydrogen) atoms. The van der Waals surface area contributed by atoms with Crippen LogP contribution in [0.1, 0.15) is 18.9 Å². The summed E-state index contributed by atoms with van der Waals surface area (Å²) in [4.78, 5) is 27.7. The van der Waals surface area contributed by atoms with Crippen LogP contribution in [0.5, 0.6) is 0 Å². The van der Waals surface area contributed by atoms with Crippen molar-refractivity contribution in [3.8, 4) is 0 Å². The van der Waals surface area contributed by atoms with E-state index in [1.54, 1.807) is 11.0 Å². The average Bonchev–Trinajstić information content (AvgIpc) is 2.61. The van der Waals surface area contributed by atoms with Crippen LogP contribution in [0.25, 0.3) is 0 Å². The molecule has 2 aromatic carbocycles. The minimum absolute atomic E-state index is 0.0958. The zero-order valence-corrected chi connectivity index (χ0v) is 16.1. The number of nitrogens with one attached hydrogen (secondary N) is 1. The van der Waals surface area contributed by atoms with Crippen LogP contribution in [0.15, 0.2) is 48.5 Å². The highest BCUT2D eigenvalue weighted by Crippen LogP contribution is 2.20. The second kappa shape index (κ2) is 9.25. The van der Waals surface area contributed by atoms with Crippen LogP contribution >= 0.6 is 11.6 Å². The van der Waals surface area contributed by atoms with E-state index in [-0.39, 0.29) is 18.2 Å². The van der Waals surface area contributed by atoms with Crippen molar-refractivity contribution >= 4 is 34.8 Å². The van der Waals surface area contributed by atoms with Crippen molar-refractivity contribution in [2.45, 2.75) is 19.9 Å². The highest BCUT2D eigenvalue weighted by atomic mass is 35.5. The average molecular weight is 374 g/mol. The lowest BCUT2D eigenvalue weighted by molar-refractivity contribution is -0.121. The van der Waals surface area contributed by atoms with Crippen molar-refractivity contribution < 1.29 is 9.59 Å². The predicted molar refractivity (Wildman–Crippen MR) is 107 cm³/mol. The molecule has 6 heteroatoms. The van der Waals surface area contributed by atoms with Gasteiger partial charge in [-0.1, -0.05) is 29.8 Å². The van der Waals surface area contributed by atoms with Gasteiger partial charge in [-0.15, -0.1) is 0 Å². The fraction of sp³-hybridized carbons (Fsp3) is 0.300. The molecule has 0 bridgehead atoms. The van der Waals surface area contributed by atoms with Gasteiger partial charge in [0.25, 0.3) is 0 Å². The molecule has 0 radical (unpaired) electrons. The summed E-state index contributed by atoms with van der Waals surface area (Å²) in [6.45, 7) is 2.20. The molecule has 0 aliphatic rings. The molecule has 0 fully saturated rings. The summed E-state index contributed by atoms with van der Waals surface area (Å²) in [6.07, 6.45) is 0.222. The number of hydrogen-bond acceptors (Lipinski definition) is 3. The van der Waals surface area contributed by atoms with E-state index < -0.39 is 0 Å². The SMILES string of the molecule is CC(=O)N(CCC(=O)NCc1ccccc1Cl)c1ccc(N(C)C)cc1. The fourth-order valence-electron chi connectivity index (χ4n) is 2.54. The van der Waals surface area contributed by atoms with Crippen LogP contribution in [-0.4, -0.2) is 32.5 Å². The lowest BCUT2D eigenvalue weighted by Gasteiger charge is -2.22. The van der Waals surface area contributed by atoms with Crippen molar-refractivity contribution in [3.63, 3.8) is 0 Å². The van der Waals surface area contributed by atoms with Crippen molar-refractivity contribution in [2.24, 2.45) is 0 Å². The maximum atomic E-state index is 12.1. The van der Waals surface area contributed by atoms with Gasteiger partial charge in [-0.05, 0) is 35.9 Å². The first kappa shape index (κ1) is 19.8. The van der Waals surface area contributed by atoms with E-state index in [1.165, 1.54) is 6.92 Å². The number of benzene rings is 2. The van der Waals surface area contributed by atoms with E-state index in [4.69, 9.17) is 11.6 Å². The quantitative estimate of drug-likeness (QED) is 0.808. The molecule has 0 saturated heterocycles. The van der Waals surface area contributed by atoms with E-state index in [2.05, 4.69) is 5.32 Å². The molecule has 0 aromatic heterocycles. The van der Waals surface area contributed by atoms with Gasteiger partial charge in [-0.25, -0.2) is 0 Å². The van der Waals surface area contributed by atoms with E-state index in [0.29, 0.717) is 18.1 Å². The first-order valence-corrected chi connectivity index (χ1v) is 8.82. The molecule has 1 N–H and O–H groups in total. The van der Waals surface area contributed by atoms with Crippen molar-refractivity contribution in [3.05, 3.63) is 59.1 Å². The fourth-order valence-corrected chi connectivity index (χ4v) is 2.74. The lowest BCUT2D eigenvalue weighted by atomic mass is 10.2. The number of amides is 2. The van der Waals surface area contributed by atoms with Gasteiger partial charge < -0.3 is 15.1 Å². The Morgan fingerprint density at radius 3 is 2.19 bits per heavy atom. The molecular weight excluding hydrogens is 350 g/mol. The molecule has 0 aliphatic heterocycles. The number of halogens is 1. The molecule has 2 aromatic rings. The third-order valence-corrected chi connectivity index (χ3v) is 4.42. The number of carbonyl (C=O) groups is 2. The minimum atomic E-state index is -0.124. The molecule has 0 saturated carbocycles. The standard InChI is InChI=1S/C20H24ClN3O2/c1-15(25)24(18-10-8-17(9-11-18)23(2)3)13-12-20(26)22-14-16-6-4-5-7-19(16)21/h4-11H,12-14H2,1-3H3,(H,22,26). The largest absolute Gasteiger partial charge is 0.378 e. The Kier molecular flexibility index (Phi) is 7.04. The van der Waals surface area contributed by atoms with Crippen LogP contribution in [0.3, 0.4) is 0 Å². The highest BCUT2D eigenvalue weighted by molar-refractivity contribution is 6.31. The van der Waals surface area contributed by atoms with E-state index in [1.807, 2.05) is 61.5 Å². The Labute approximate surface area is 159 Å². The molecule has 2 amide bonds. The number of hydrogen-bond donors (Lipinski definition) is 1.